The summed E-state index contributed by atoms with van der Waals surface area (Å²) in [7, 11) is 1.75. The lowest BCUT2D eigenvalue weighted by Crippen LogP contribution is -2.20. The third-order valence-corrected chi connectivity index (χ3v) is 3.36. The minimum Gasteiger partial charge on any atom is -0.389 e. The number of nitrogen functional groups attached to an aromatic ring is 1. The van der Waals surface area contributed by atoms with Gasteiger partial charge in [-0.2, -0.15) is 0 Å². The second-order valence-corrected chi connectivity index (χ2v) is 4.64. The zero-order valence-electron chi connectivity index (χ0n) is 8.27. The van der Waals surface area contributed by atoms with Gasteiger partial charge in [-0.25, -0.2) is 4.98 Å². The van der Waals surface area contributed by atoms with E-state index in [-0.39, 0.29) is 0 Å². The maximum Gasteiger partial charge on any atom is 0.187 e. The van der Waals surface area contributed by atoms with Crippen molar-refractivity contribution in [1.82, 2.24) is 4.98 Å². The van der Waals surface area contributed by atoms with Gasteiger partial charge < -0.3 is 15.4 Å². The summed E-state index contributed by atoms with van der Waals surface area (Å²) in [6.45, 7) is 2.96. The molecule has 78 valence electrons. The summed E-state index contributed by atoms with van der Waals surface area (Å²) in [6.07, 6.45) is 2.91. The third-order valence-electron chi connectivity index (χ3n) is 2.47. The highest BCUT2D eigenvalue weighted by atomic mass is 32.1. The average Bonchev–Trinajstić information content (AvgIpc) is 2.74. The maximum atomic E-state index is 5.64. The van der Waals surface area contributed by atoms with Crippen LogP contribution in [0.5, 0.6) is 0 Å². The first kappa shape index (κ1) is 9.73. The van der Waals surface area contributed by atoms with Crippen molar-refractivity contribution < 1.29 is 4.74 Å². The smallest absolute Gasteiger partial charge is 0.187 e. The van der Waals surface area contributed by atoms with Gasteiger partial charge in [-0.3, -0.25) is 0 Å². The molecule has 5 heteroatoms. The molecule has 1 atom stereocenters. The molecule has 0 radical (unpaired) electrons. The molecule has 0 aromatic carbocycles. The second kappa shape index (κ2) is 4.14. The van der Waals surface area contributed by atoms with E-state index in [1.807, 2.05) is 0 Å². The Balaban J connectivity index is 1.95. The average molecular weight is 213 g/mol. The Bertz CT molecular complexity index is 302. The van der Waals surface area contributed by atoms with Crippen LogP contribution >= 0.6 is 11.3 Å². The summed E-state index contributed by atoms with van der Waals surface area (Å²) >= 11 is 1.56. The number of nitrogens with two attached hydrogens (primary N) is 1. The predicted octanol–water partition coefficient (Wildman–Crippen LogP) is 1.20. The molecule has 2 heterocycles. The van der Waals surface area contributed by atoms with Crippen molar-refractivity contribution >= 4 is 21.5 Å². The molecule has 1 aliphatic heterocycles. The number of methoxy groups -OCH3 is 1. The van der Waals surface area contributed by atoms with Crippen molar-refractivity contribution in [2.24, 2.45) is 5.92 Å². The number of rotatable bonds is 3. The third kappa shape index (κ3) is 1.99. The molecule has 2 rings (SSSR count). The van der Waals surface area contributed by atoms with Crippen molar-refractivity contribution in [3.63, 3.8) is 0 Å². The van der Waals surface area contributed by atoms with E-state index in [9.17, 15) is 0 Å². The number of ether oxygens (including phenoxy) is 1. The van der Waals surface area contributed by atoms with Gasteiger partial charge in [-0.1, -0.05) is 11.3 Å². The highest BCUT2D eigenvalue weighted by Crippen LogP contribution is 2.28. The molecule has 0 bridgehead atoms. The number of nitrogens with zero attached hydrogens (tertiary/aromatic N) is 2. The molecule has 1 aromatic rings. The number of aromatic nitrogens is 1. The molecule has 0 spiro atoms. The van der Waals surface area contributed by atoms with Gasteiger partial charge in [-0.05, 0) is 6.42 Å². The Morgan fingerprint density at radius 1 is 1.79 bits per heavy atom. The normalized spacial score (nSPS) is 21.8. The maximum absolute atomic E-state index is 5.64. The first-order valence-electron chi connectivity index (χ1n) is 4.75. The first-order valence-corrected chi connectivity index (χ1v) is 5.56. The molecule has 1 aliphatic rings. The number of hydrogen-bond donors (Lipinski definition) is 1. The Labute approximate surface area is 87.7 Å². The summed E-state index contributed by atoms with van der Waals surface area (Å²) in [5, 5.41) is 1.83. The Hall–Kier alpha value is -0.810. The molecular weight excluding hydrogens is 198 g/mol. The van der Waals surface area contributed by atoms with E-state index in [1.165, 1.54) is 6.42 Å². The second-order valence-electron chi connectivity index (χ2n) is 3.60. The summed E-state index contributed by atoms with van der Waals surface area (Å²) in [6, 6.07) is 0. The fourth-order valence-corrected chi connectivity index (χ4v) is 2.52. The molecule has 1 aromatic heterocycles. The van der Waals surface area contributed by atoms with Gasteiger partial charge in [0, 0.05) is 26.1 Å². The molecule has 0 amide bonds. The van der Waals surface area contributed by atoms with Crippen molar-refractivity contribution in [2.45, 2.75) is 6.42 Å². The van der Waals surface area contributed by atoms with E-state index in [1.54, 1.807) is 24.6 Å². The highest BCUT2D eigenvalue weighted by molar-refractivity contribution is 7.19. The Kier molecular flexibility index (Phi) is 2.88. The monoisotopic (exact) mass is 213 g/mol. The van der Waals surface area contributed by atoms with Crippen LogP contribution in [0.25, 0.3) is 0 Å². The minimum atomic E-state index is 0.644. The summed E-state index contributed by atoms with van der Waals surface area (Å²) in [4.78, 5) is 6.55. The fraction of sp³-hybridized carbons (Fsp3) is 0.667. The largest absolute Gasteiger partial charge is 0.389 e. The molecule has 0 saturated carbocycles. The minimum absolute atomic E-state index is 0.644. The molecule has 14 heavy (non-hydrogen) atoms. The number of hydrogen-bond acceptors (Lipinski definition) is 5. The van der Waals surface area contributed by atoms with Crippen molar-refractivity contribution in [3.05, 3.63) is 6.20 Å². The van der Waals surface area contributed by atoms with Gasteiger partial charge in [0.2, 0.25) is 0 Å². The topological polar surface area (TPSA) is 51.4 Å². The van der Waals surface area contributed by atoms with Gasteiger partial charge in [-0.15, -0.1) is 0 Å². The zero-order chi connectivity index (χ0) is 9.97. The van der Waals surface area contributed by atoms with E-state index in [0.717, 1.165) is 29.8 Å². The molecule has 0 aliphatic carbocycles. The van der Waals surface area contributed by atoms with Crippen LogP contribution < -0.4 is 10.6 Å². The SMILES string of the molecule is COCC1CCN(c2ncc(N)s2)C1. The highest BCUT2D eigenvalue weighted by Gasteiger charge is 2.24. The summed E-state index contributed by atoms with van der Waals surface area (Å²) in [5.41, 5.74) is 5.64. The molecule has 4 nitrogen and oxygen atoms in total. The van der Waals surface area contributed by atoms with Crippen LogP contribution in [-0.4, -0.2) is 31.8 Å². The van der Waals surface area contributed by atoms with Gasteiger partial charge in [0.05, 0.1) is 12.8 Å². The van der Waals surface area contributed by atoms with E-state index in [0.29, 0.717) is 5.92 Å². The molecule has 2 N–H and O–H groups in total. The predicted molar refractivity (Wildman–Crippen MR) is 58.7 cm³/mol. The van der Waals surface area contributed by atoms with Crippen molar-refractivity contribution in [1.29, 1.82) is 0 Å². The Morgan fingerprint density at radius 2 is 2.64 bits per heavy atom. The molecule has 1 saturated heterocycles. The van der Waals surface area contributed by atoms with Crippen LogP contribution in [0.1, 0.15) is 6.42 Å². The Morgan fingerprint density at radius 3 is 3.29 bits per heavy atom. The quantitative estimate of drug-likeness (QED) is 0.819. The lowest BCUT2D eigenvalue weighted by molar-refractivity contribution is 0.161. The first-order chi connectivity index (χ1) is 6.79. The van der Waals surface area contributed by atoms with Crippen LogP contribution in [0.3, 0.4) is 0 Å². The zero-order valence-corrected chi connectivity index (χ0v) is 9.09. The van der Waals surface area contributed by atoms with Crippen LogP contribution in [0.4, 0.5) is 10.1 Å². The van der Waals surface area contributed by atoms with E-state index < -0.39 is 0 Å². The molecule has 1 unspecified atom stereocenters. The van der Waals surface area contributed by atoms with Gasteiger partial charge in [0.1, 0.15) is 5.00 Å². The van der Waals surface area contributed by atoms with Gasteiger partial charge >= 0.3 is 0 Å². The fourth-order valence-electron chi connectivity index (χ4n) is 1.80. The lowest BCUT2D eigenvalue weighted by Gasteiger charge is -2.14. The standard InChI is InChI=1S/C9H15N3OS/c1-13-6-7-2-3-12(5-7)9-11-4-8(10)14-9/h4,7H,2-3,5-6,10H2,1H3. The van der Waals surface area contributed by atoms with E-state index >= 15 is 0 Å². The molecular formula is C9H15N3OS. The van der Waals surface area contributed by atoms with Crippen LogP contribution in [0.2, 0.25) is 0 Å². The van der Waals surface area contributed by atoms with Crippen LogP contribution in [0.15, 0.2) is 6.20 Å². The van der Waals surface area contributed by atoms with Crippen molar-refractivity contribution in [2.75, 3.05) is 37.4 Å². The van der Waals surface area contributed by atoms with Gasteiger partial charge in [0.25, 0.3) is 0 Å². The van der Waals surface area contributed by atoms with Crippen LogP contribution in [-0.2, 0) is 4.74 Å². The van der Waals surface area contributed by atoms with Gasteiger partial charge in [0.15, 0.2) is 5.13 Å². The summed E-state index contributed by atoms with van der Waals surface area (Å²) < 4.78 is 5.15. The van der Waals surface area contributed by atoms with Crippen molar-refractivity contribution in [3.8, 4) is 0 Å². The number of thiazole rings is 1. The summed E-state index contributed by atoms with van der Waals surface area (Å²) in [5.74, 6) is 0.644. The van der Waals surface area contributed by atoms with E-state index in [2.05, 4.69) is 9.88 Å². The molecule has 1 fully saturated rings. The van der Waals surface area contributed by atoms with E-state index in [4.69, 9.17) is 10.5 Å². The van der Waals surface area contributed by atoms with Crippen LogP contribution in [0, 0.1) is 5.92 Å². The lowest BCUT2D eigenvalue weighted by atomic mass is 10.1. The number of anilines is 2.